The second-order valence-corrected chi connectivity index (χ2v) is 6.82. The molecule has 0 bridgehead atoms. The molecule has 2 heterocycles. The van der Waals surface area contributed by atoms with Crippen molar-refractivity contribution in [1.29, 1.82) is 0 Å². The van der Waals surface area contributed by atoms with Crippen molar-refractivity contribution in [2.45, 2.75) is 32.3 Å². The van der Waals surface area contributed by atoms with E-state index in [2.05, 4.69) is 27.5 Å². The molecule has 3 aromatic rings. The summed E-state index contributed by atoms with van der Waals surface area (Å²) in [4.78, 5) is 12.2. The molecule has 0 unspecified atom stereocenters. The number of carbonyl (C=O) groups is 1. The van der Waals surface area contributed by atoms with E-state index in [-0.39, 0.29) is 11.7 Å². The number of nitrogens with two attached hydrogens (primary N) is 1. The Hall–Kier alpha value is -2.81. The van der Waals surface area contributed by atoms with E-state index in [1.165, 1.54) is 22.0 Å². The van der Waals surface area contributed by atoms with Gasteiger partial charge < -0.3 is 11.2 Å². The van der Waals surface area contributed by atoms with Gasteiger partial charge in [0.2, 0.25) is 11.1 Å². The maximum absolute atomic E-state index is 12.2. The molecule has 0 saturated carbocycles. The first-order chi connectivity index (χ1) is 12.5. The quantitative estimate of drug-likeness (QED) is 0.508. The van der Waals surface area contributed by atoms with Crippen molar-refractivity contribution >= 4 is 23.4 Å². The summed E-state index contributed by atoms with van der Waals surface area (Å²) >= 11 is 1.22. The smallest absolute Gasteiger partial charge is 0.271 e. The SMILES string of the molecule is CCc1cccc(NC(=O)CSc2nnc(-n3nc(C)cc3C)n2N)c1. The fourth-order valence-electron chi connectivity index (χ4n) is 2.54. The lowest BCUT2D eigenvalue weighted by atomic mass is 10.1. The van der Waals surface area contributed by atoms with Gasteiger partial charge in [0.1, 0.15) is 0 Å². The van der Waals surface area contributed by atoms with E-state index in [9.17, 15) is 4.79 Å². The number of nitrogens with one attached hydrogen (secondary N) is 1. The number of nitrogen functional groups attached to an aromatic ring is 1. The van der Waals surface area contributed by atoms with Crippen LogP contribution >= 0.6 is 11.8 Å². The second-order valence-electron chi connectivity index (χ2n) is 5.88. The number of amides is 1. The molecule has 0 spiro atoms. The van der Waals surface area contributed by atoms with Gasteiger partial charge in [0.05, 0.1) is 11.4 Å². The Labute approximate surface area is 155 Å². The van der Waals surface area contributed by atoms with E-state index in [0.717, 1.165) is 23.5 Å². The van der Waals surface area contributed by atoms with Crippen LogP contribution < -0.4 is 11.2 Å². The molecule has 3 rings (SSSR count). The number of hydrogen-bond acceptors (Lipinski definition) is 6. The van der Waals surface area contributed by atoms with Gasteiger partial charge in [-0.15, -0.1) is 10.2 Å². The zero-order valence-electron chi connectivity index (χ0n) is 14.9. The number of anilines is 1. The molecule has 1 aromatic carbocycles. The number of hydrogen-bond donors (Lipinski definition) is 2. The lowest BCUT2D eigenvalue weighted by Crippen LogP contribution is -2.18. The molecule has 2 aromatic heterocycles. The van der Waals surface area contributed by atoms with Gasteiger partial charge >= 0.3 is 0 Å². The predicted molar refractivity (Wildman–Crippen MR) is 102 cm³/mol. The van der Waals surface area contributed by atoms with E-state index in [0.29, 0.717) is 11.1 Å². The summed E-state index contributed by atoms with van der Waals surface area (Å²) in [5.74, 6) is 6.54. The van der Waals surface area contributed by atoms with Crippen LogP contribution in [0.15, 0.2) is 35.5 Å². The minimum absolute atomic E-state index is 0.126. The summed E-state index contributed by atoms with van der Waals surface area (Å²) in [5.41, 5.74) is 3.74. The van der Waals surface area contributed by atoms with Crippen molar-refractivity contribution in [3.05, 3.63) is 47.3 Å². The highest BCUT2D eigenvalue weighted by Crippen LogP contribution is 2.18. The number of rotatable bonds is 6. The van der Waals surface area contributed by atoms with Crippen LogP contribution in [0.2, 0.25) is 0 Å². The van der Waals surface area contributed by atoms with E-state index >= 15 is 0 Å². The van der Waals surface area contributed by atoms with Crippen LogP contribution in [0.25, 0.3) is 5.95 Å². The summed E-state index contributed by atoms with van der Waals surface area (Å²) in [6.07, 6.45) is 0.920. The first kappa shape index (κ1) is 18.0. The normalized spacial score (nSPS) is 10.9. The third-order valence-electron chi connectivity index (χ3n) is 3.80. The molecule has 0 radical (unpaired) electrons. The van der Waals surface area contributed by atoms with Crippen molar-refractivity contribution in [2.75, 3.05) is 16.9 Å². The summed E-state index contributed by atoms with van der Waals surface area (Å²) in [6.45, 7) is 5.89. The van der Waals surface area contributed by atoms with E-state index in [4.69, 9.17) is 5.84 Å². The van der Waals surface area contributed by atoms with Crippen molar-refractivity contribution in [3.8, 4) is 5.95 Å². The largest absolute Gasteiger partial charge is 0.334 e. The van der Waals surface area contributed by atoms with Gasteiger partial charge in [0.25, 0.3) is 5.95 Å². The fraction of sp³-hybridized carbons (Fsp3) is 0.294. The third-order valence-corrected chi connectivity index (χ3v) is 4.74. The molecule has 0 fully saturated rings. The van der Waals surface area contributed by atoms with E-state index in [1.807, 2.05) is 44.2 Å². The number of carbonyl (C=O) groups excluding carboxylic acids is 1. The maximum atomic E-state index is 12.2. The molecular weight excluding hydrogens is 350 g/mol. The molecule has 0 aliphatic carbocycles. The van der Waals surface area contributed by atoms with Crippen LogP contribution in [-0.4, -0.2) is 36.3 Å². The third kappa shape index (κ3) is 3.88. The average Bonchev–Trinajstić information content (AvgIpc) is 3.14. The highest BCUT2D eigenvalue weighted by Gasteiger charge is 2.16. The van der Waals surface area contributed by atoms with E-state index < -0.39 is 0 Å². The number of aryl methyl sites for hydroxylation is 3. The minimum Gasteiger partial charge on any atom is -0.334 e. The zero-order chi connectivity index (χ0) is 18.7. The van der Waals surface area contributed by atoms with Crippen LogP contribution in [0.5, 0.6) is 0 Å². The lowest BCUT2D eigenvalue weighted by Gasteiger charge is -2.07. The highest BCUT2D eigenvalue weighted by molar-refractivity contribution is 7.99. The van der Waals surface area contributed by atoms with Crippen molar-refractivity contribution < 1.29 is 4.79 Å². The second kappa shape index (κ2) is 7.61. The topological polar surface area (TPSA) is 104 Å². The van der Waals surface area contributed by atoms with Crippen molar-refractivity contribution in [3.63, 3.8) is 0 Å². The minimum atomic E-state index is -0.126. The lowest BCUT2D eigenvalue weighted by molar-refractivity contribution is -0.113. The van der Waals surface area contributed by atoms with Crippen LogP contribution in [0, 0.1) is 13.8 Å². The fourth-order valence-corrected chi connectivity index (χ4v) is 3.19. The Morgan fingerprint density at radius 3 is 2.77 bits per heavy atom. The Bertz CT molecular complexity index is 931. The molecular formula is C17H21N7OS. The molecule has 3 N–H and O–H groups in total. The van der Waals surface area contributed by atoms with Crippen LogP contribution in [0.3, 0.4) is 0 Å². The Kier molecular flexibility index (Phi) is 5.27. The van der Waals surface area contributed by atoms with Crippen molar-refractivity contribution in [1.82, 2.24) is 24.7 Å². The van der Waals surface area contributed by atoms with Gasteiger partial charge in [0, 0.05) is 11.4 Å². The molecule has 9 heteroatoms. The van der Waals surface area contributed by atoms with Gasteiger partial charge in [-0.3, -0.25) is 4.79 Å². The predicted octanol–water partition coefficient (Wildman–Crippen LogP) is 2.09. The Morgan fingerprint density at radius 2 is 2.08 bits per heavy atom. The number of aromatic nitrogens is 5. The van der Waals surface area contributed by atoms with Gasteiger partial charge in [-0.25, -0.2) is 9.36 Å². The molecule has 0 atom stereocenters. The summed E-state index contributed by atoms with van der Waals surface area (Å²) in [6, 6.07) is 9.73. The molecule has 1 amide bonds. The molecule has 136 valence electrons. The summed E-state index contributed by atoms with van der Waals surface area (Å²) < 4.78 is 2.97. The first-order valence-corrected chi connectivity index (χ1v) is 9.22. The van der Waals surface area contributed by atoms with Gasteiger partial charge in [0.15, 0.2) is 0 Å². The highest BCUT2D eigenvalue weighted by atomic mass is 32.2. The molecule has 26 heavy (non-hydrogen) atoms. The number of thioether (sulfide) groups is 1. The van der Waals surface area contributed by atoms with Crippen LogP contribution in [0.4, 0.5) is 5.69 Å². The zero-order valence-corrected chi connectivity index (χ0v) is 15.7. The molecule has 8 nitrogen and oxygen atoms in total. The summed E-state index contributed by atoms with van der Waals surface area (Å²) in [7, 11) is 0. The Balaban J connectivity index is 1.65. The van der Waals surface area contributed by atoms with Crippen LogP contribution in [0.1, 0.15) is 23.9 Å². The van der Waals surface area contributed by atoms with E-state index in [1.54, 1.807) is 4.68 Å². The van der Waals surface area contributed by atoms with Gasteiger partial charge in [-0.2, -0.15) is 5.10 Å². The summed E-state index contributed by atoms with van der Waals surface area (Å²) in [5, 5.41) is 15.8. The number of nitrogens with zero attached hydrogens (tertiary/aromatic N) is 5. The average molecular weight is 371 g/mol. The monoisotopic (exact) mass is 371 g/mol. The molecule has 0 aliphatic heterocycles. The first-order valence-electron chi connectivity index (χ1n) is 8.23. The molecule has 0 saturated heterocycles. The van der Waals surface area contributed by atoms with Crippen LogP contribution in [-0.2, 0) is 11.2 Å². The van der Waals surface area contributed by atoms with Crippen molar-refractivity contribution in [2.24, 2.45) is 0 Å². The standard InChI is InChI=1S/C17H21N7OS/c1-4-13-6-5-7-14(9-13)19-15(25)10-26-17-21-20-16(23(17)18)24-12(3)8-11(2)22-24/h5-9H,4,10,18H2,1-3H3,(H,19,25). The molecule has 0 aliphatic rings. The van der Waals surface area contributed by atoms with Gasteiger partial charge in [-0.1, -0.05) is 30.8 Å². The van der Waals surface area contributed by atoms with Gasteiger partial charge in [-0.05, 0) is 44.0 Å². The Morgan fingerprint density at radius 1 is 1.27 bits per heavy atom. The maximum Gasteiger partial charge on any atom is 0.271 e. The number of benzene rings is 1.